The molecule has 0 saturated heterocycles. The van der Waals surface area contributed by atoms with Gasteiger partial charge in [-0.3, -0.25) is 4.79 Å². The third kappa shape index (κ3) is 5.03. The molecule has 0 amide bonds. The topological polar surface area (TPSA) is 74.8 Å². The molecule has 0 aromatic heterocycles. The Morgan fingerprint density at radius 2 is 1.50 bits per heavy atom. The van der Waals surface area contributed by atoms with Crippen LogP contribution in [0.25, 0.3) is 0 Å². The molecule has 0 heterocycles. The molecular formula is C19H19N3O2. The Bertz CT molecular complexity index is 764. The van der Waals surface area contributed by atoms with E-state index in [4.69, 9.17) is 10.00 Å². The summed E-state index contributed by atoms with van der Waals surface area (Å²) in [5.41, 5.74) is 2.35. The highest BCUT2D eigenvalue weighted by molar-refractivity contribution is 5.75. The normalized spacial score (nSPS) is 11.2. The van der Waals surface area contributed by atoms with Gasteiger partial charge in [0, 0.05) is 0 Å². The molecule has 2 aromatic rings. The lowest BCUT2D eigenvalue weighted by molar-refractivity contribution is -0.154. The predicted octanol–water partition coefficient (Wildman–Crippen LogP) is 5.06. The minimum Gasteiger partial charge on any atom is -0.460 e. The molecule has 122 valence electrons. The standard InChI is InChI=1S/C19H19N3O2/c1-19(2,3)18(23)24-13-15-6-10-17(11-7-15)22-21-16-8-4-14(12-20)5-9-16/h4-11H,13H2,1-3H3. The number of carbonyl (C=O) groups excluding carboxylic acids is 1. The van der Waals surface area contributed by atoms with E-state index in [-0.39, 0.29) is 12.6 Å². The van der Waals surface area contributed by atoms with Crippen LogP contribution in [0.3, 0.4) is 0 Å². The van der Waals surface area contributed by atoms with E-state index in [1.807, 2.05) is 45.0 Å². The second-order valence-electron chi connectivity index (χ2n) is 6.35. The van der Waals surface area contributed by atoms with Gasteiger partial charge < -0.3 is 4.74 Å². The highest BCUT2D eigenvalue weighted by Gasteiger charge is 2.22. The van der Waals surface area contributed by atoms with Gasteiger partial charge in [-0.25, -0.2) is 0 Å². The zero-order chi connectivity index (χ0) is 17.6. The number of nitriles is 1. The molecule has 0 atom stereocenters. The van der Waals surface area contributed by atoms with Crippen molar-refractivity contribution in [2.75, 3.05) is 0 Å². The van der Waals surface area contributed by atoms with Gasteiger partial charge in [0.2, 0.25) is 0 Å². The van der Waals surface area contributed by atoms with Crippen LogP contribution in [-0.2, 0) is 16.1 Å². The first-order valence-electron chi connectivity index (χ1n) is 7.56. The molecule has 24 heavy (non-hydrogen) atoms. The molecule has 0 fully saturated rings. The van der Waals surface area contributed by atoms with Crippen LogP contribution < -0.4 is 0 Å². The third-order valence-corrected chi connectivity index (χ3v) is 3.20. The van der Waals surface area contributed by atoms with Crippen molar-refractivity contribution in [1.82, 2.24) is 0 Å². The first kappa shape index (κ1) is 17.4. The Hall–Kier alpha value is -3.00. The highest BCUT2D eigenvalue weighted by atomic mass is 16.5. The number of benzene rings is 2. The summed E-state index contributed by atoms with van der Waals surface area (Å²) < 4.78 is 5.26. The van der Waals surface area contributed by atoms with Crippen molar-refractivity contribution in [3.05, 3.63) is 59.7 Å². The van der Waals surface area contributed by atoms with Gasteiger partial charge in [-0.2, -0.15) is 15.5 Å². The minimum absolute atomic E-state index is 0.230. The summed E-state index contributed by atoms with van der Waals surface area (Å²) in [6, 6.07) is 16.2. The number of hydrogen-bond donors (Lipinski definition) is 0. The summed E-state index contributed by atoms with van der Waals surface area (Å²) in [5.74, 6) is -0.230. The Morgan fingerprint density at radius 1 is 1.00 bits per heavy atom. The average molecular weight is 321 g/mol. The Labute approximate surface area is 141 Å². The van der Waals surface area contributed by atoms with Crippen molar-refractivity contribution in [2.45, 2.75) is 27.4 Å². The molecule has 0 unspecified atom stereocenters. The second-order valence-corrected chi connectivity index (χ2v) is 6.35. The first-order chi connectivity index (χ1) is 11.4. The largest absolute Gasteiger partial charge is 0.460 e. The van der Waals surface area contributed by atoms with Gasteiger partial charge in [-0.05, 0) is 62.7 Å². The molecule has 0 aliphatic heterocycles. The number of azo groups is 1. The molecule has 0 radical (unpaired) electrons. The van der Waals surface area contributed by atoms with Gasteiger partial charge in [-0.1, -0.05) is 12.1 Å². The van der Waals surface area contributed by atoms with Gasteiger partial charge in [0.25, 0.3) is 0 Å². The van der Waals surface area contributed by atoms with E-state index in [0.29, 0.717) is 16.9 Å². The Morgan fingerprint density at radius 3 is 1.96 bits per heavy atom. The molecule has 2 aromatic carbocycles. The van der Waals surface area contributed by atoms with Crippen LogP contribution in [0, 0.1) is 16.7 Å². The van der Waals surface area contributed by atoms with E-state index in [2.05, 4.69) is 16.3 Å². The SMILES string of the molecule is CC(C)(C)C(=O)OCc1ccc(N=Nc2ccc(C#N)cc2)cc1. The van der Waals surface area contributed by atoms with Gasteiger partial charge in [0.05, 0.1) is 28.4 Å². The molecule has 0 aliphatic rings. The van der Waals surface area contributed by atoms with Crippen LogP contribution in [0.4, 0.5) is 11.4 Å². The number of hydrogen-bond acceptors (Lipinski definition) is 5. The monoisotopic (exact) mass is 321 g/mol. The van der Waals surface area contributed by atoms with Crippen LogP contribution in [0.2, 0.25) is 0 Å². The fourth-order valence-electron chi connectivity index (χ4n) is 1.74. The predicted molar refractivity (Wildman–Crippen MR) is 91.0 cm³/mol. The van der Waals surface area contributed by atoms with Crippen LogP contribution in [0.1, 0.15) is 31.9 Å². The maximum absolute atomic E-state index is 11.7. The number of ether oxygens (including phenoxy) is 1. The Balaban J connectivity index is 1.95. The third-order valence-electron chi connectivity index (χ3n) is 3.20. The summed E-state index contributed by atoms with van der Waals surface area (Å²) in [7, 11) is 0. The van der Waals surface area contributed by atoms with Crippen molar-refractivity contribution >= 4 is 17.3 Å². The summed E-state index contributed by atoms with van der Waals surface area (Å²) >= 11 is 0. The molecule has 0 N–H and O–H groups in total. The summed E-state index contributed by atoms with van der Waals surface area (Å²) in [5, 5.41) is 17.0. The van der Waals surface area contributed by atoms with Crippen molar-refractivity contribution in [2.24, 2.45) is 15.6 Å². The first-order valence-corrected chi connectivity index (χ1v) is 7.56. The summed E-state index contributed by atoms with van der Waals surface area (Å²) in [6.45, 7) is 5.70. The number of rotatable bonds is 4. The van der Waals surface area contributed by atoms with Crippen LogP contribution >= 0.6 is 0 Å². The molecule has 0 saturated carbocycles. The quantitative estimate of drug-likeness (QED) is 0.583. The van der Waals surface area contributed by atoms with Crippen molar-refractivity contribution in [3.63, 3.8) is 0 Å². The number of esters is 1. The minimum atomic E-state index is -0.505. The highest BCUT2D eigenvalue weighted by Crippen LogP contribution is 2.20. The summed E-state index contributed by atoms with van der Waals surface area (Å²) in [4.78, 5) is 11.7. The molecular weight excluding hydrogens is 302 g/mol. The number of carbonyl (C=O) groups is 1. The van der Waals surface area contributed by atoms with Crippen LogP contribution in [0.15, 0.2) is 58.8 Å². The van der Waals surface area contributed by atoms with E-state index < -0.39 is 5.41 Å². The molecule has 2 rings (SSSR count). The lowest BCUT2D eigenvalue weighted by Crippen LogP contribution is -2.22. The molecule has 5 heteroatoms. The maximum atomic E-state index is 11.7. The lowest BCUT2D eigenvalue weighted by atomic mass is 9.97. The van der Waals surface area contributed by atoms with Gasteiger partial charge in [0.1, 0.15) is 6.61 Å². The van der Waals surface area contributed by atoms with E-state index in [9.17, 15) is 4.79 Å². The van der Waals surface area contributed by atoms with Gasteiger partial charge in [0.15, 0.2) is 0 Å². The molecule has 5 nitrogen and oxygen atoms in total. The second kappa shape index (κ2) is 7.51. The van der Waals surface area contributed by atoms with Crippen molar-refractivity contribution < 1.29 is 9.53 Å². The maximum Gasteiger partial charge on any atom is 0.311 e. The average Bonchev–Trinajstić information content (AvgIpc) is 2.58. The zero-order valence-corrected chi connectivity index (χ0v) is 14.0. The van der Waals surface area contributed by atoms with E-state index in [0.717, 1.165) is 5.56 Å². The molecule has 0 spiro atoms. The zero-order valence-electron chi connectivity index (χ0n) is 14.0. The Kier molecular flexibility index (Phi) is 5.43. The number of nitrogens with zero attached hydrogens (tertiary/aromatic N) is 3. The smallest absolute Gasteiger partial charge is 0.311 e. The molecule has 0 aliphatic carbocycles. The molecule has 0 bridgehead atoms. The van der Waals surface area contributed by atoms with E-state index in [1.54, 1.807) is 24.3 Å². The lowest BCUT2D eigenvalue weighted by Gasteiger charge is -2.16. The van der Waals surface area contributed by atoms with Gasteiger partial charge >= 0.3 is 5.97 Å². The fraction of sp³-hybridized carbons (Fsp3) is 0.263. The van der Waals surface area contributed by atoms with E-state index >= 15 is 0 Å². The van der Waals surface area contributed by atoms with Crippen molar-refractivity contribution in [1.29, 1.82) is 5.26 Å². The van der Waals surface area contributed by atoms with Crippen molar-refractivity contribution in [3.8, 4) is 6.07 Å². The van der Waals surface area contributed by atoms with Gasteiger partial charge in [-0.15, -0.1) is 0 Å². The van der Waals surface area contributed by atoms with Crippen LogP contribution in [0.5, 0.6) is 0 Å². The summed E-state index contributed by atoms with van der Waals surface area (Å²) in [6.07, 6.45) is 0. The van der Waals surface area contributed by atoms with Crippen LogP contribution in [-0.4, -0.2) is 5.97 Å². The van der Waals surface area contributed by atoms with E-state index in [1.165, 1.54) is 0 Å². The fourth-order valence-corrected chi connectivity index (χ4v) is 1.74.